The number of hydrogen-bond donors (Lipinski definition) is 3. The van der Waals surface area contributed by atoms with Gasteiger partial charge in [-0.3, -0.25) is 14.7 Å². The van der Waals surface area contributed by atoms with Crippen molar-refractivity contribution >= 4 is 35.8 Å². The van der Waals surface area contributed by atoms with Gasteiger partial charge < -0.3 is 16.0 Å². The maximum atomic E-state index is 11.4. The highest BCUT2D eigenvalue weighted by Crippen LogP contribution is 2.10. The minimum absolute atomic E-state index is 0. The van der Waals surface area contributed by atoms with Gasteiger partial charge in [0.1, 0.15) is 0 Å². The summed E-state index contributed by atoms with van der Waals surface area (Å²) in [6.07, 6.45) is 5.78. The molecule has 1 amide bonds. The van der Waals surface area contributed by atoms with Crippen LogP contribution in [0, 0.1) is 5.92 Å². The number of halogens is 1. The molecule has 7 heteroatoms. The van der Waals surface area contributed by atoms with Crippen LogP contribution in [-0.2, 0) is 4.79 Å². The smallest absolute Gasteiger partial charge is 0.233 e. The van der Waals surface area contributed by atoms with Crippen molar-refractivity contribution in [3.8, 4) is 0 Å². The van der Waals surface area contributed by atoms with Crippen molar-refractivity contribution < 1.29 is 4.79 Å². The first-order valence-corrected chi connectivity index (χ1v) is 9.52. The van der Waals surface area contributed by atoms with Gasteiger partial charge in [0.05, 0.1) is 6.54 Å². The van der Waals surface area contributed by atoms with Gasteiger partial charge in [0.25, 0.3) is 0 Å². The summed E-state index contributed by atoms with van der Waals surface area (Å²) in [6.45, 7) is 10.8. The lowest BCUT2D eigenvalue weighted by Crippen LogP contribution is -2.50. The Labute approximate surface area is 171 Å². The van der Waals surface area contributed by atoms with Gasteiger partial charge in [-0.05, 0) is 32.1 Å². The van der Waals surface area contributed by atoms with Gasteiger partial charge >= 0.3 is 0 Å². The molecule has 6 nitrogen and oxygen atoms in total. The molecule has 0 aromatic heterocycles. The first-order valence-electron chi connectivity index (χ1n) is 9.52. The first-order chi connectivity index (χ1) is 11.5. The van der Waals surface area contributed by atoms with Gasteiger partial charge in [-0.2, -0.15) is 0 Å². The number of carbonyl (C=O) groups excluding carboxylic acids is 1. The Bertz CT molecular complexity index is 382. The minimum atomic E-state index is 0. The number of hydrogen-bond acceptors (Lipinski definition) is 3. The Morgan fingerprint density at radius 2 is 1.92 bits per heavy atom. The molecule has 0 bridgehead atoms. The lowest BCUT2D eigenvalue weighted by Gasteiger charge is -2.32. The Morgan fingerprint density at radius 3 is 2.48 bits per heavy atom. The predicted octanol–water partition coefficient (Wildman–Crippen LogP) is 2.20. The molecular formula is C18H38IN5O. The van der Waals surface area contributed by atoms with Crippen LogP contribution in [0.1, 0.15) is 52.9 Å². The van der Waals surface area contributed by atoms with Crippen LogP contribution in [0.3, 0.4) is 0 Å². The van der Waals surface area contributed by atoms with Crippen molar-refractivity contribution in [2.75, 3.05) is 39.8 Å². The Morgan fingerprint density at radius 1 is 1.24 bits per heavy atom. The summed E-state index contributed by atoms with van der Waals surface area (Å²) < 4.78 is 0. The van der Waals surface area contributed by atoms with E-state index in [9.17, 15) is 4.79 Å². The number of amides is 1. The highest BCUT2D eigenvalue weighted by Gasteiger charge is 2.21. The van der Waals surface area contributed by atoms with Crippen LogP contribution >= 0.6 is 24.0 Å². The normalized spacial score (nSPS) is 16.4. The number of rotatable bonds is 9. The van der Waals surface area contributed by atoms with Crippen LogP contribution in [0.15, 0.2) is 4.99 Å². The number of aliphatic imine (C=N–C) groups is 1. The van der Waals surface area contributed by atoms with Crippen molar-refractivity contribution in [2.24, 2.45) is 10.9 Å². The van der Waals surface area contributed by atoms with E-state index in [2.05, 4.69) is 41.6 Å². The molecular weight excluding hydrogens is 429 g/mol. The first kappa shape index (κ1) is 24.4. The molecule has 1 saturated heterocycles. The van der Waals surface area contributed by atoms with E-state index in [1.165, 1.54) is 12.8 Å². The van der Waals surface area contributed by atoms with Gasteiger partial charge in [0, 0.05) is 39.3 Å². The molecule has 0 aromatic carbocycles. The highest BCUT2D eigenvalue weighted by molar-refractivity contribution is 14.0. The van der Waals surface area contributed by atoms with E-state index in [0.717, 1.165) is 57.3 Å². The second-order valence-electron chi connectivity index (χ2n) is 7.02. The summed E-state index contributed by atoms with van der Waals surface area (Å²) in [5.74, 6) is 1.81. The molecule has 1 aliphatic rings. The number of carbonyl (C=O) groups is 1. The number of likely N-dealkylation sites (N-methyl/N-ethyl adjacent to an activating group) is 1. The van der Waals surface area contributed by atoms with Crippen molar-refractivity contribution in [3.63, 3.8) is 0 Å². The van der Waals surface area contributed by atoms with E-state index in [-0.39, 0.29) is 29.9 Å². The number of piperidine rings is 1. The number of likely N-dealkylation sites (tertiary alicyclic amines) is 1. The van der Waals surface area contributed by atoms with Crippen LogP contribution < -0.4 is 16.0 Å². The molecule has 1 aliphatic heterocycles. The van der Waals surface area contributed by atoms with Crippen LogP contribution in [0.2, 0.25) is 0 Å². The lowest BCUT2D eigenvalue weighted by molar-refractivity contribution is -0.122. The van der Waals surface area contributed by atoms with Crippen LogP contribution in [-0.4, -0.2) is 62.6 Å². The SMILES string of the molecule is CCNC(=NCCCCC(C)C)NC1CCN(CC(=O)NC)CC1.I. The van der Waals surface area contributed by atoms with E-state index in [4.69, 9.17) is 4.99 Å². The molecule has 1 rings (SSSR count). The van der Waals surface area contributed by atoms with Crippen molar-refractivity contribution in [3.05, 3.63) is 0 Å². The fraction of sp³-hybridized carbons (Fsp3) is 0.889. The molecule has 148 valence electrons. The van der Waals surface area contributed by atoms with Crippen molar-refractivity contribution in [1.29, 1.82) is 0 Å². The van der Waals surface area contributed by atoms with Gasteiger partial charge in [-0.1, -0.05) is 26.7 Å². The molecule has 0 saturated carbocycles. The zero-order chi connectivity index (χ0) is 17.8. The van der Waals surface area contributed by atoms with Crippen molar-refractivity contribution in [2.45, 2.75) is 58.9 Å². The second kappa shape index (κ2) is 14.6. The molecule has 0 unspecified atom stereocenters. The third kappa shape index (κ3) is 11.6. The van der Waals surface area contributed by atoms with E-state index in [1.807, 2.05) is 0 Å². The molecule has 1 fully saturated rings. The summed E-state index contributed by atoms with van der Waals surface area (Å²) in [5, 5.41) is 9.59. The van der Waals surface area contributed by atoms with Gasteiger partial charge in [0.15, 0.2) is 5.96 Å². The lowest BCUT2D eigenvalue weighted by atomic mass is 10.1. The molecule has 0 aromatic rings. The minimum Gasteiger partial charge on any atom is -0.358 e. The molecule has 3 N–H and O–H groups in total. The standard InChI is InChI=1S/C18H37N5O.HI/c1-5-20-18(21-11-7-6-8-15(2)3)22-16-9-12-23(13-10-16)14-17(24)19-4;/h15-16H,5-14H2,1-4H3,(H,19,24)(H2,20,21,22);1H. The van der Waals surface area contributed by atoms with Crippen LogP contribution in [0.4, 0.5) is 0 Å². The Balaban J connectivity index is 0.00000576. The quantitative estimate of drug-likeness (QED) is 0.211. The summed E-state index contributed by atoms with van der Waals surface area (Å²) in [6, 6.07) is 0.444. The monoisotopic (exact) mass is 467 g/mol. The Hall–Kier alpha value is -0.570. The third-order valence-corrected chi connectivity index (χ3v) is 4.38. The fourth-order valence-corrected chi connectivity index (χ4v) is 2.89. The van der Waals surface area contributed by atoms with E-state index in [1.54, 1.807) is 7.05 Å². The largest absolute Gasteiger partial charge is 0.358 e. The van der Waals surface area contributed by atoms with Crippen LogP contribution in [0.5, 0.6) is 0 Å². The number of unbranched alkanes of at least 4 members (excludes halogenated alkanes) is 1. The zero-order valence-electron chi connectivity index (χ0n) is 16.4. The second-order valence-corrected chi connectivity index (χ2v) is 7.02. The third-order valence-electron chi connectivity index (χ3n) is 4.38. The average Bonchev–Trinajstić information content (AvgIpc) is 2.56. The van der Waals surface area contributed by atoms with E-state index >= 15 is 0 Å². The van der Waals surface area contributed by atoms with E-state index < -0.39 is 0 Å². The zero-order valence-corrected chi connectivity index (χ0v) is 18.8. The molecule has 25 heavy (non-hydrogen) atoms. The summed E-state index contributed by atoms with van der Waals surface area (Å²) in [5.41, 5.74) is 0. The van der Waals surface area contributed by atoms with E-state index in [0.29, 0.717) is 12.6 Å². The Kier molecular flexibility index (Phi) is 14.3. The number of guanidine groups is 1. The molecule has 0 aliphatic carbocycles. The average molecular weight is 467 g/mol. The summed E-state index contributed by atoms with van der Waals surface area (Å²) in [4.78, 5) is 18.4. The molecule has 0 radical (unpaired) electrons. The van der Waals surface area contributed by atoms with Crippen LogP contribution in [0.25, 0.3) is 0 Å². The maximum Gasteiger partial charge on any atom is 0.233 e. The number of nitrogens with one attached hydrogen (secondary N) is 3. The van der Waals surface area contributed by atoms with Gasteiger partial charge in [-0.15, -0.1) is 24.0 Å². The topological polar surface area (TPSA) is 68.8 Å². The van der Waals surface area contributed by atoms with Gasteiger partial charge in [-0.25, -0.2) is 0 Å². The summed E-state index contributed by atoms with van der Waals surface area (Å²) in [7, 11) is 1.69. The molecule has 1 heterocycles. The van der Waals surface area contributed by atoms with Gasteiger partial charge in [0.2, 0.25) is 5.91 Å². The van der Waals surface area contributed by atoms with Crippen molar-refractivity contribution in [1.82, 2.24) is 20.9 Å². The highest BCUT2D eigenvalue weighted by atomic mass is 127. The maximum absolute atomic E-state index is 11.4. The number of nitrogens with zero attached hydrogens (tertiary/aromatic N) is 2. The molecule has 0 atom stereocenters. The summed E-state index contributed by atoms with van der Waals surface area (Å²) >= 11 is 0. The molecule has 0 spiro atoms. The predicted molar refractivity (Wildman–Crippen MR) is 117 cm³/mol. The fourth-order valence-electron chi connectivity index (χ4n) is 2.89.